The molecular weight excluding hydrogens is 548 g/mol. The monoisotopic (exact) mass is 603 g/mol. The lowest BCUT2D eigenvalue weighted by atomic mass is 9.91. The van der Waals surface area contributed by atoms with Crippen LogP contribution in [-0.2, 0) is 6.54 Å². The lowest BCUT2D eigenvalue weighted by Crippen LogP contribution is -2.38. The standard InChI is InChI=1S/C41H55N4/c1-26(2)34-15-13-16-35(27(3)4)40(34)44-25-45(41-36(28(5)6)17-14-18-37(41)29(7)8)38(33(44)12)23-42-19-20-43(24-42)39-31(10)21-30(9)22-32(39)11/h13-22,24,26-29H,23,25H2,1-12H3/q+1. The Labute approximate surface area is 273 Å². The highest BCUT2D eigenvalue weighted by Crippen LogP contribution is 2.44. The fourth-order valence-corrected chi connectivity index (χ4v) is 7.35. The molecule has 0 unspecified atom stereocenters. The molecule has 0 fully saturated rings. The van der Waals surface area contributed by atoms with Crippen LogP contribution in [0.1, 0.15) is 125 Å². The normalized spacial score (nSPS) is 14.0. The molecule has 4 nitrogen and oxygen atoms in total. The molecule has 0 bridgehead atoms. The quantitative estimate of drug-likeness (QED) is 0.177. The largest absolute Gasteiger partial charge is 0.324 e. The maximum absolute atomic E-state index is 2.65. The Bertz CT molecular complexity index is 1640. The number of imidazole rings is 1. The summed E-state index contributed by atoms with van der Waals surface area (Å²) in [5.41, 5.74) is 16.3. The van der Waals surface area contributed by atoms with Crippen molar-refractivity contribution in [1.82, 2.24) is 4.57 Å². The molecule has 1 aromatic heterocycles. The minimum atomic E-state index is 0.421. The lowest BCUT2D eigenvalue weighted by molar-refractivity contribution is -0.688. The minimum absolute atomic E-state index is 0.421. The van der Waals surface area contributed by atoms with Gasteiger partial charge in [0.1, 0.15) is 24.6 Å². The summed E-state index contributed by atoms with van der Waals surface area (Å²) in [6.07, 6.45) is 6.72. The maximum atomic E-state index is 2.65. The minimum Gasteiger partial charge on any atom is -0.324 e. The van der Waals surface area contributed by atoms with E-state index >= 15 is 0 Å². The molecule has 2 heterocycles. The predicted octanol–water partition coefficient (Wildman–Crippen LogP) is 10.4. The van der Waals surface area contributed by atoms with Crippen LogP contribution in [0.5, 0.6) is 0 Å². The average molecular weight is 604 g/mol. The van der Waals surface area contributed by atoms with E-state index in [-0.39, 0.29) is 0 Å². The Balaban J connectivity index is 1.70. The van der Waals surface area contributed by atoms with Gasteiger partial charge in [-0.3, -0.25) is 0 Å². The van der Waals surface area contributed by atoms with Gasteiger partial charge >= 0.3 is 0 Å². The second kappa shape index (κ2) is 12.9. The molecule has 0 aliphatic carbocycles. The number of hydrogen-bond donors (Lipinski definition) is 0. The second-order valence-electron chi connectivity index (χ2n) is 14.5. The Morgan fingerprint density at radius 3 is 1.51 bits per heavy atom. The molecule has 0 N–H and O–H groups in total. The molecule has 0 saturated heterocycles. The molecule has 238 valence electrons. The molecular formula is C41H55N4+. The Morgan fingerprint density at radius 1 is 0.622 bits per heavy atom. The number of para-hydroxylation sites is 2. The second-order valence-corrected chi connectivity index (χ2v) is 14.5. The van der Waals surface area contributed by atoms with Crippen molar-refractivity contribution >= 4 is 11.4 Å². The fourth-order valence-electron chi connectivity index (χ4n) is 7.35. The highest BCUT2D eigenvalue weighted by Gasteiger charge is 2.35. The highest BCUT2D eigenvalue weighted by molar-refractivity contribution is 5.74. The van der Waals surface area contributed by atoms with E-state index in [9.17, 15) is 0 Å². The number of rotatable bonds is 9. The van der Waals surface area contributed by atoms with Gasteiger partial charge < -0.3 is 9.80 Å². The van der Waals surface area contributed by atoms with Gasteiger partial charge in [-0.2, -0.15) is 0 Å². The van der Waals surface area contributed by atoms with Crippen LogP contribution in [0, 0.1) is 20.8 Å². The number of anilines is 2. The number of hydrogen-bond acceptors (Lipinski definition) is 2. The molecule has 0 saturated carbocycles. The van der Waals surface area contributed by atoms with E-state index in [1.165, 1.54) is 67.4 Å². The molecule has 0 amide bonds. The van der Waals surface area contributed by atoms with Crippen molar-refractivity contribution in [3.8, 4) is 5.69 Å². The number of allylic oxidation sites excluding steroid dienone is 2. The highest BCUT2D eigenvalue weighted by atomic mass is 15.4. The van der Waals surface area contributed by atoms with Gasteiger partial charge in [0.25, 0.3) is 0 Å². The average Bonchev–Trinajstić information content (AvgIpc) is 3.55. The van der Waals surface area contributed by atoms with Crippen LogP contribution in [0.25, 0.3) is 5.69 Å². The van der Waals surface area contributed by atoms with Gasteiger partial charge in [-0.15, -0.1) is 0 Å². The molecule has 1 aliphatic heterocycles. The Morgan fingerprint density at radius 2 is 1.07 bits per heavy atom. The van der Waals surface area contributed by atoms with Crippen LogP contribution < -0.4 is 14.4 Å². The van der Waals surface area contributed by atoms with Gasteiger partial charge in [-0.1, -0.05) is 109 Å². The Kier molecular flexibility index (Phi) is 9.35. The predicted molar refractivity (Wildman–Crippen MR) is 192 cm³/mol. The third-order valence-electron chi connectivity index (χ3n) is 9.57. The van der Waals surface area contributed by atoms with Crippen LogP contribution >= 0.6 is 0 Å². The van der Waals surface area contributed by atoms with E-state index in [1.54, 1.807) is 0 Å². The van der Waals surface area contributed by atoms with Gasteiger partial charge in [0.15, 0.2) is 0 Å². The van der Waals surface area contributed by atoms with Crippen molar-refractivity contribution in [2.45, 2.75) is 113 Å². The van der Waals surface area contributed by atoms with E-state index in [0.717, 1.165) is 13.2 Å². The summed E-state index contributed by atoms with van der Waals surface area (Å²) >= 11 is 0. The van der Waals surface area contributed by atoms with Crippen LogP contribution in [0.15, 0.2) is 78.6 Å². The van der Waals surface area contributed by atoms with Gasteiger partial charge in [-0.25, -0.2) is 9.13 Å². The number of benzene rings is 3. The first-order valence-corrected chi connectivity index (χ1v) is 17.0. The maximum Gasteiger partial charge on any atom is 0.249 e. The van der Waals surface area contributed by atoms with Crippen molar-refractivity contribution in [2.75, 3.05) is 16.5 Å². The summed E-state index contributed by atoms with van der Waals surface area (Å²) in [6, 6.07) is 18.4. The van der Waals surface area contributed by atoms with Crippen molar-refractivity contribution in [1.29, 1.82) is 0 Å². The van der Waals surface area contributed by atoms with Crippen LogP contribution in [0.4, 0.5) is 11.4 Å². The molecule has 5 rings (SSSR count). The van der Waals surface area contributed by atoms with Crippen LogP contribution in [0.3, 0.4) is 0 Å². The van der Waals surface area contributed by atoms with Crippen LogP contribution in [-0.4, -0.2) is 11.2 Å². The van der Waals surface area contributed by atoms with E-state index in [1.807, 2.05) is 0 Å². The molecule has 1 aliphatic rings. The van der Waals surface area contributed by atoms with Crippen molar-refractivity contribution in [3.63, 3.8) is 0 Å². The first-order valence-electron chi connectivity index (χ1n) is 17.0. The van der Waals surface area contributed by atoms with E-state index in [0.29, 0.717) is 23.7 Å². The molecule has 0 radical (unpaired) electrons. The zero-order valence-electron chi connectivity index (χ0n) is 29.9. The fraction of sp³-hybridized carbons (Fsp3) is 0.439. The summed E-state index contributed by atoms with van der Waals surface area (Å²) in [5.74, 6) is 1.71. The zero-order valence-corrected chi connectivity index (χ0v) is 29.9. The van der Waals surface area contributed by atoms with Crippen LogP contribution in [0.2, 0.25) is 0 Å². The molecule has 4 aromatic rings. The lowest BCUT2D eigenvalue weighted by Gasteiger charge is -2.32. The number of nitrogens with zero attached hydrogens (tertiary/aromatic N) is 4. The van der Waals surface area contributed by atoms with E-state index in [4.69, 9.17) is 0 Å². The van der Waals surface area contributed by atoms with E-state index in [2.05, 4.69) is 169 Å². The molecule has 0 spiro atoms. The van der Waals surface area contributed by atoms with E-state index < -0.39 is 0 Å². The van der Waals surface area contributed by atoms with Gasteiger partial charge in [0, 0.05) is 17.1 Å². The van der Waals surface area contributed by atoms with Gasteiger partial charge in [-0.05, 0) is 84.7 Å². The number of aromatic nitrogens is 2. The number of aryl methyl sites for hydroxylation is 3. The molecule has 0 atom stereocenters. The summed E-state index contributed by atoms with van der Waals surface area (Å²) in [5, 5.41) is 0. The smallest absolute Gasteiger partial charge is 0.249 e. The SMILES string of the molecule is CC1=C(C[n+]2ccn(-c3c(C)cc(C)cc3C)c2)N(c2c(C(C)C)cccc2C(C)C)CN1c1c(C(C)C)cccc1C(C)C. The third kappa shape index (κ3) is 6.21. The molecule has 45 heavy (non-hydrogen) atoms. The molecule has 4 heteroatoms. The first kappa shape index (κ1) is 32.6. The third-order valence-corrected chi connectivity index (χ3v) is 9.57. The van der Waals surface area contributed by atoms with Gasteiger partial charge in [0.2, 0.25) is 6.33 Å². The first-order chi connectivity index (χ1) is 21.3. The summed E-state index contributed by atoms with van der Waals surface area (Å²) in [4.78, 5) is 5.26. The van der Waals surface area contributed by atoms with Gasteiger partial charge in [0.05, 0.1) is 12.4 Å². The molecule has 3 aromatic carbocycles. The van der Waals surface area contributed by atoms with Crippen molar-refractivity contribution in [2.24, 2.45) is 0 Å². The summed E-state index contributed by atoms with van der Waals surface area (Å²) in [6.45, 7) is 29.2. The van der Waals surface area contributed by atoms with Crippen molar-refractivity contribution in [3.05, 3.63) is 118 Å². The summed E-state index contributed by atoms with van der Waals surface area (Å²) in [7, 11) is 0. The Hall–Kier alpha value is -3.79. The zero-order chi connectivity index (χ0) is 32.7. The van der Waals surface area contributed by atoms with Crippen molar-refractivity contribution < 1.29 is 4.57 Å². The summed E-state index contributed by atoms with van der Waals surface area (Å²) < 4.78 is 4.66. The topological polar surface area (TPSA) is 15.3 Å².